The summed E-state index contributed by atoms with van der Waals surface area (Å²) in [5.41, 5.74) is -2.58. The van der Waals surface area contributed by atoms with Crippen LogP contribution in [0, 0.1) is 17.5 Å². The number of nitrogens with zero attached hydrogens (tertiary/aromatic N) is 3. The van der Waals surface area contributed by atoms with Crippen LogP contribution in [0.3, 0.4) is 0 Å². The van der Waals surface area contributed by atoms with Gasteiger partial charge in [0.1, 0.15) is 27.6 Å². The minimum absolute atomic E-state index is 0.0178. The van der Waals surface area contributed by atoms with Crippen molar-refractivity contribution in [3.8, 4) is 5.75 Å². The minimum atomic E-state index is -1.17. The number of unbranched alkanes of at least 4 members (excludes halogenated alkanes) is 1. The lowest BCUT2D eigenvalue weighted by Gasteiger charge is -2.42. The van der Waals surface area contributed by atoms with Gasteiger partial charge >= 0.3 is 0 Å². The molecule has 1 saturated heterocycles. The molecule has 13 heteroatoms. The van der Waals surface area contributed by atoms with Gasteiger partial charge in [-0.2, -0.15) is 0 Å². The van der Waals surface area contributed by atoms with Gasteiger partial charge < -0.3 is 24.4 Å². The van der Waals surface area contributed by atoms with Gasteiger partial charge in [0.05, 0.1) is 12.6 Å². The second-order valence-corrected chi connectivity index (χ2v) is 11.3. The summed E-state index contributed by atoms with van der Waals surface area (Å²) < 4.78 is 49.7. The van der Waals surface area contributed by atoms with Crippen LogP contribution < -0.4 is 15.5 Å². The molecule has 1 spiro atoms. The quantitative estimate of drug-likeness (QED) is 0.460. The number of pyridine rings is 1. The van der Waals surface area contributed by atoms with Gasteiger partial charge in [0.25, 0.3) is 11.8 Å². The van der Waals surface area contributed by atoms with E-state index in [-0.39, 0.29) is 36.2 Å². The van der Waals surface area contributed by atoms with Crippen molar-refractivity contribution in [3.63, 3.8) is 0 Å². The van der Waals surface area contributed by atoms with E-state index >= 15 is 0 Å². The van der Waals surface area contributed by atoms with Crippen molar-refractivity contribution in [2.75, 3.05) is 13.2 Å². The lowest BCUT2D eigenvalue weighted by molar-refractivity contribution is -0.0656. The molecule has 1 aromatic heterocycles. The van der Waals surface area contributed by atoms with E-state index in [1.165, 1.54) is 6.20 Å². The Kier molecular flexibility index (Phi) is 7.68. The third-order valence-electron chi connectivity index (χ3n) is 7.78. The van der Waals surface area contributed by atoms with E-state index in [2.05, 4.69) is 26.4 Å². The predicted octanol–water partition coefficient (Wildman–Crippen LogP) is 4.42. The molecular formula is C27H28BrF3N4O5. The third kappa shape index (κ3) is 4.88. The number of hydrogen-bond acceptors (Lipinski definition) is 6. The van der Waals surface area contributed by atoms with Crippen molar-refractivity contribution in [2.24, 2.45) is 5.16 Å². The lowest BCUT2D eigenvalue weighted by Crippen LogP contribution is -2.52. The fourth-order valence-electron chi connectivity index (χ4n) is 5.52. The van der Waals surface area contributed by atoms with E-state index in [9.17, 15) is 27.6 Å². The molecular weight excluding hydrogens is 597 g/mol. The first-order chi connectivity index (χ1) is 19.1. The molecule has 3 atom stereocenters. The number of carbonyl (C=O) groups is 2. The van der Waals surface area contributed by atoms with E-state index in [0.717, 1.165) is 6.42 Å². The Labute approximate surface area is 236 Å². The molecule has 5 rings (SSSR count). The molecule has 0 radical (unpaired) electrons. The average molecular weight is 625 g/mol. The number of fused-ring (bicyclic) bond motifs is 5. The first kappa shape index (κ1) is 28.2. The number of halogens is 4. The first-order valence-corrected chi connectivity index (χ1v) is 13.9. The zero-order valence-corrected chi connectivity index (χ0v) is 23.5. The highest BCUT2D eigenvalue weighted by Gasteiger charge is 2.54. The summed E-state index contributed by atoms with van der Waals surface area (Å²) in [4.78, 5) is 48.3. The summed E-state index contributed by atoms with van der Waals surface area (Å²) in [6.45, 7) is 3.63. The van der Waals surface area contributed by atoms with Crippen LogP contribution in [0.1, 0.15) is 78.4 Å². The van der Waals surface area contributed by atoms with Crippen molar-refractivity contribution in [1.29, 1.82) is 0 Å². The lowest BCUT2D eigenvalue weighted by atomic mass is 9.86. The normalized spacial score (nSPS) is 23.4. The van der Waals surface area contributed by atoms with Crippen LogP contribution >= 0.6 is 15.9 Å². The average Bonchev–Trinajstić information content (AvgIpc) is 3.23. The van der Waals surface area contributed by atoms with Gasteiger partial charge in [-0.3, -0.25) is 14.4 Å². The molecule has 0 saturated carbocycles. The number of ether oxygens (including phenoxy) is 1. The summed E-state index contributed by atoms with van der Waals surface area (Å²) in [7, 11) is 0. The third-order valence-corrected chi connectivity index (χ3v) is 8.20. The molecule has 2 aromatic rings. The van der Waals surface area contributed by atoms with Gasteiger partial charge in [0, 0.05) is 49.4 Å². The largest absolute Gasteiger partial charge is 0.487 e. The highest BCUT2D eigenvalue weighted by molar-refractivity contribution is 9.18. The van der Waals surface area contributed by atoms with Crippen LogP contribution in [-0.2, 0) is 11.4 Å². The molecule has 3 aliphatic rings. The number of benzene rings is 1. The molecule has 1 N–H and O–H groups in total. The Hall–Kier alpha value is -3.35. The number of amides is 2. The Bertz CT molecular complexity index is 1440. The maximum absolute atomic E-state index is 14.2. The second kappa shape index (κ2) is 10.9. The van der Waals surface area contributed by atoms with Crippen LogP contribution in [-0.4, -0.2) is 50.7 Å². The fourth-order valence-corrected chi connectivity index (χ4v) is 6.06. The predicted molar refractivity (Wildman–Crippen MR) is 142 cm³/mol. The van der Waals surface area contributed by atoms with Crippen LogP contribution in [0.2, 0.25) is 0 Å². The van der Waals surface area contributed by atoms with E-state index in [1.54, 1.807) is 9.47 Å². The summed E-state index contributed by atoms with van der Waals surface area (Å²) in [6, 6.07) is 0.345. The topological polar surface area (TPSA) is 102 Å². The van der Waals surface area contributed by atoms with Gasteiger partial charge in [-0.1, -0.05) is 18.5 Å². The number of aromatic nitrogens is 1. The van der Waals surface area contributed by atoms with Gasteiger partial charge in [-0.05, 0) is 42.1 Å². The molecule has 9 nitrogen and oxygen atoms in total. The number of hydrogen-bond donors (Lipinski definition) is 1. The molecule has 1 aromatic carbocycles. The molecule has 3 aliphatic heterocycles. The maximum Gasteiger partial charge on any atom is 0.274 e. The fraction of sp³-hybridized carbons (Fsp3) is 0.481. The summed E-state index contributed by atoms with van der Waals surface area (Å²) in [5.74, 6) is -5.03. The van der Waals surface area contributed by atoms with E-state index < -0.39 is 58.4 Å². The standard InChI is InChI=1S/C27H28BrF3N4O5/c1-3-4-7-39-24-22-26(38)34-13-20(27(6-5-14(34)2)10-21(28)33-40-27)35(22)12-17(23(24)36)25(37)32-11-16-18(30)8-15(29)9-19(16)31/h8-9,12,14,20H,3-7,10-11,13H2,1-2H3,(H,32,37)/t14-,20+,27+/m0/s1. The Morgan fingerprint density at radius 1 is 1.27 bits per heavy atom. The molecule has 2 bridgehead atoms. The number of carbonyl (C=O) groups excluding carboxylic acids is 2. The highest BCUT2D eigenvalue weighted by atomic mass is 79.9. The highest BCUT2D eigenvalue weighted by Crippen LogP contribution is 2.46. The molecule has 40 heavy (non-hydrogen) atoms. The summed E-state index contributed by atoms with van der Waals surface area (Å²) >= 11 is 3.41. The molecule has 2 amide bonds. The van der Waals surface area contributed by atoms with Crippen LogP contribution in [0.15, 0.2) is 28.3 Å². The molecule has 0 aliphatic carbocycles. The van der Waals surface area contributed by atoms with Crippen molar-refractivity contribution < 1.29 is 32.3 Å². The molecule has 214 valence electrons. The number of nitrogens with one attached hydrogen (secondary N) is 1. The van der Waals surface area contributed by atoms with Crippen molar-refractivity contribution in [3.05, 3.63) is 62.8 Å². The Balaban J connectivity index is 1.60. The Morgan fingerprint density at radius 3 is 2.65 bits per heavy atom. The first-order valence-electron chi connectivity index (χ1n) is 13.1. The molecule has 0 unspecified atom stereocenters. The van der Waals surface area contributed by atoms with E-state index in [4.69, 9.17) is 9.57 Å². The zero-order chi connectivity index (χ0) is 28.8. The number of rotatable bonds is 7. The minimum Gasteiger partial charge on any atom is -0.487 e. The van der Waals surface area contributed by atoms with Crippen molar-refractivity contribution >= 4 is 32.4 Å². The van der Waals surface area contributed by atoms with Crippen molar-refractivity contribution in [2.45, 2.75) is 70.2 Å². The van der Waals surface area contributed by atoms with Gasteiger partial charge in [-0.15, -0.1) is 0 Å². The van der Waals surface area contributed by atoms with Crippen molar-refractivity contribution in [1.82, 2.24) is 14.8 Å². The maximum atomic E-state index is 14.2. The van der Waals surface area contributed by atoms with Gasteiger partial charge in [0.2, 0.25) is 5.43 Å². The van der Waals surface area contributed by atoms with Gasteiger partial charge in [0.15, 0.2) is 17.0 Å². The summed E-state index contributed by atoms with van der Waals surface area (Å²) in [6.07, 6.45) is 4.26. The van der Waals surface area contributed by atoms with E-state index in [0.29, 0.717) is 42.4 Å². The molecule has 4 heterocycles. The van der Waals surface area contributed by atoms with Gasteiger partial charge in [-0.25, -0.2) is 13.2 Å². The number of oxime groups is 1. The molecule has 1 fully saturated rings. The summed E-state index contributed by atoms with van der Waals surface area (Å²) in [5, 5.41) is 6.46. The van der Waals surface area contributed by atoms with E-state index in [1.807, 2.05) is 13.8 Å². The Morgan fingerprint density at radius 2 is 2.00 bits per heavy atom. The monoisotopic (exact) mass is 624 g/mol. The SMILES string of the molecule is CCCCOc1c2n(cc(C(=O)NCc3c(F)cc(F)cc3F)c1=O)[C@@H]1CN(C2=O)[C@@H](C)CC[C@@]12CC(Br)=NO2. The van der Waals surface area contributed by atoms with Crippen LogP contribution in [0.4, 0.5) is 13.2 Å². The zero-order valence-electron chi connectivity index (χ0n) is 21.9. The van der Waals surface area contributed by atoms with Crippen LogP contribution in [0.25, 0.3) is 0 Å². The second-order valence-electron chi connectivity index (χ2n) is 10.4. The van der Waals surface area contributed by atoms with Crippen LogP contribution in [0.5, 0.6) is 5.75 Å². The smallest absolute Gasteiger partial charge is 0.274 e.